The number of carboxylic acid groups (broad SMARTS) is 1. The third-order valence-corrected chi connectivity index (χ3v) is 2.82. The van der Waals surface area contributed by atoms with Gasteiger partial charge in [0.05, 0.1) is 6.04 Å². The van der Waals surface area contributed by atoms with E-state index in [0.717, 1.165) is 0 Å². The number of aryl methyl sites for hydroxylation is 1. The van der Waals surface area contributed by atoms with Gasteiger partial charge in [0.15, 0.2) is 0 Å². The molecule has 1 atom stereocenters. The lowest BCUT2D eigenvalue weighted by Gasteiger charge is -2.13. The van der Waals surface area contributed by atoms with Gasteiger partial charge in [0.1, 0.15) is 11.6 Å². The first kappa shape index (κ1) is 13.1. The molecular weight excluding hydrogens is 249 g/mol. The predicted molar refractivity (Wildman–Crippen MR) is 68.8 cm³/mol. The van der Waals surface area contributed by atoms with Crippen LogP contribution in [0.4, 0.5) is 10.1 Å². The smallest absolute Gasteiger partial charge is 0.371 e. The fraction of sp³-hybridized carbons (Fsp3) is 0.214. The Hall–Kier alpha value is -2.30. The third-order valence-electron chi connectivity index (χ3n) is 2.82. The molecule has 0 amide bonds. The number of hydrogen-bond donors (Lipinski definition) is 2. The average molecular weight is 263 g/mol. The predicted octanol–water partition coefficient (Wildman–Crippen LogP) is 3.60. The molecule has 0 bridgehead atoms. The molecule has 1 aromatic heterocycles. The monoisotopic (exact) mass is 263 g/mol. The average Bonchev–Trinajstić information content (AvgIpc) is 2.83. The van der Waals surface area contributed by atoms with Crippen molar-refractivity contribution < 1.29 is 18.7 Å². The molecule has 1 unspecified atom stereocenters. The summed E-state index contributed by atoms with van der Waals surface area (Å²) in [6.07, 6.45) is 0. The number of nitrogens with one attached hydrogen (secondary N) is 1. The van der Waals surface area contributed by atoms with Crippen molar-refractivity contribution in [3.05, 3.63) is 53.2 Å². The van der Waals surface area contributed by atoms with Gasteiger partial charge < -0.3 is 14.8 Å². The third kappa shape index (κ3) is 2.93. The van der Waals surface area contributed by atoms with Crippen LogP contribution in [0.1, 0.15) is 34.8 Å². The molecule has 0 aliphatic rings. The van der Waals surface area contributed by atoms with Crippen molar-refractivity contribution in [2.24, 2.45) is 0 Å². The van der Waals surface area contributed by atoms with E-state index in [4.69, 9.17) is 9.52 Å². The van der Waals surface area contributed by atoms with Crippen molar-refractivity contribution in [1.29, 1.82) is 0 Å². The second-order valence-electron chi connectivity index (χ2n) is 4.34. The lowest BCUT2D eigenvalue weighted by molar-refractivity contribution is 0.0660. The van der Waals surface area contributed by atoms with Crippen molar-refractivity contribution >= 4 is 11.7 Å². The Morgan fingerprint density at radius 3 is 2.68 bits per heavy atom. The van der Waals surface area contributed by atoms with E-state index in [9.17, 15) is 9.18 Å². The molecule has 2 rings (SSSR count). The molecular formula is C14H14FNO3. The van der Waals surface area contributed by atoms with Gasteiger partial charge in [-0.1, -0.05) is 6.07 Å². The van der Waals surface area contributed by atoms with Crippen molar-refractivity contribution in [1.82, 2.24) is 0 Å². The normalized spacial score (nSPS) is 12.2. The molecule has 100 valence electrons. The second-order valence-corrected chi connectivity index (χ2v) is 4.34. The Morgan fingerprint density at radius 2 is 2.11 bits per heavy atom. The first-order valence-electron chi connectivity index (χ1n) is 5.83. The van der Waals surface area contributed by atoms with Gasteiger partial charge in [-0.05, 0) is 43.7 Å². The van der Waals surface area contributed by atoms with Crippen LogP contribution in [0.3, 0.4) is 0 Å². The van der Waals surface area contributed by atoms with E-state index in [1.807, 2.05) is 6.92 Å². The molecule has 1 heterocycles. The molecule has 0 saturated heterocycles. The van der Waals surface area contributed by atoms with Gasteiger partial charge in [0, 0.05) is 5.69 Å². The highest BCUT2D eigenvalue weighted by Crippen LogP contribution is 2.22. The standard InChI is InChI=1S/C14H14FNO3/c1-8-3-4-10(7-11(8)15)16-9(2)12-5-6-13(19-12)14(17)18/h3-7,9,16H,1-2H3,(H,17,18). The van der Waals surface area contributed by atoms with Crippen LogP contribution in [0.5, 0.6) is 0 Å². The molecule has 2 N–H and O–H groups in total. The van der Waals surface area contributed by atoms with E-state index in [-0.39, 0.29) is 17.6 Å². The summed E-state index contributed by atoms with van der Waals surface area (Å²) in [5.74, 6) is -1.03. The number of carboxylic acids is 1. The Balaban J connectivity index is 2.13. The summed E-state index contributed by atoms with van der Waals surface area (Å²) in [5.41, 5.74) is 1.19. The summed E-state index contributed by atoms with van der Waals surface area (Å²) in [7, 11) is 0. The van der Waals surface area contributed by atoms with Crippen LogP contribution in [0.2, 0.25) is 0 Å². The van der Waals surface area contributed by atoms with Gasteiger partial charge in [-0.3, -0.25) is 0 Å². The number of anilines is 1. The molecule has 0 aliphatic carbocycles. The van der Waals surface area contributed by atoms with Gasteiger partial charge in [0.25, 0.3) is 0 Å². The number of benzene rings is 1. The summed E-state index contributed by atoms with van der Waals surface area (Å²) >= 11 is 0. The molecule has 0 fully saturated rings. The number of rotatable bonds is 4. The molecule has 19 heavy (non-hydrogen) atoms. The van der Waals surface area contributed by atoms with Crippen molar-refractivity contribution in [2.75, 3.05) is 5.32 Å². The number of aromatic carboxylic acids is 1. The van der Waals surface area contributed by atoms with Crippen LogP contribution in [0.25, 0.3) is 0 Å². The van der Waals surface area contributed by atoms with E-state index in [1.54, 1.807) is 25.1 Å². The van der Waals surface area contributed by atoms with Crippen molar-refractivity contribution in [3.8, 4) is 0 Å². The van der Waals surface area contributed by atoms with Gasteiger partial charge in [-0.15, -0.1) is 0 Å². The van der Waals surface area contributed by atoms with Gasteiger partial charge in [-0.25, -0.2) is 9.18 Å². The summed E-state index contributed by atoms with van der Waals surface area (Å²) in [6, 6.07) is 7.56. The first-order valence-corrected chi connectivity index (χ1v) is 5.83. The Bertz CT molecular complexity index is 606. The molecule has 5 heteroatoms. The number of carbonyl (C=O) groups is 1. The van der Waals surface area contributed by atoms with E-state index in [1.165, 1.54) is 12.1 Å². The van der Waals surface area contributed by atoms with Crippen LogP contribution in [-0.2, 0) is 0 Å². The van der Waals surface area contributed by atoms with Crippen LogP contribution in [0, 0.1) is 12.7 Å². The maximum atomic E-state index is 13.4. The zero-order valence-corrected chi connectivity index (χ0v) is 10.6. The number of furan rings is 1. The molecule has 0 aliphatic heterocycles. The summed E-state index contributed by atoms with van der Waals surface area (Å²) in [5, 5.41) is 11.8. The topological polar surface area (TPSA) is 62.5 Å². The first-order chi connectivity index (χ1) is 8.97. The lowest BCUT2D eigenvalue weighted by Crippen LogP contribution is -2.06. The SMILES string of the molecule is Cc1ccc(NC(C)c2ccc(C(=O)O)o2)cc1F. The largest absolute Gasteiger partial charge is 0.475 e. The van der Waals surface area contributed by atoms with Crippen molar-refractivity contribution in [3.63, 3.8) is 0 Å². The highest BCUT2D eigenvalue weighted by Gasteiger charge is 2.14. The molecule has 2 aromatic rings. The fourth-order valence-corrected chi connectivity index (χ4v) is 1.70. The summed E-state index contributed by atoms with van der Waals surface area (Å²) < 4.78 is 18.6. The van der Waals surface area contributed by atoms with E-state index in [0.29, 0.717) is 17.0 Å². The van der Waals surface area contributed by atoms with E-state index in [2.05, 4.69) is 5.32 Å². The lowest BCUT2D eigenvalue weighted by atomic mass is 10.2. The van der Waals surface area contributed by atoms with Crippen molar-refractivity contribution in [2.45, 2.75) is 19.9 Å². The van der Waals surface area contributed by atoms with Crippen LogP contribution in [-0.4, -0.2) is 11.1 Å². The van der Waals surface area contributed by atoms with Crippen LogP contribution < -0.4 is 5.32 Å². The summed E-state index contributed by atoms with van der Waals surface area (Å²) in [4.78, 5) is 10.7. The van der Waals surface area contributed by atoms with Gasteiger partial charge in [-0.2, -0.15) is 0 Å². The minimum absolute atomic E-state index is 0.112. The summed E-state index contributed by atoms with van der Waals surface area (Å²) in [6.45, 7) is 3.50. The zero-order valence-electron chi connectivity index (χ0n) is 10.6. The molecule has 0 spiro atoms. The molecule has 0 saturated carbocycles. The quantitative estimate of drug-likeness (QED) is 0.884. The van der Waals surface area contributed by atoms with Gasteiger partial charge in [0.2, 0.25) is 5.76 Å². The zero-order chi connectivity index (χ0) is 14.0. The Labute approximate surface area is 109 Å². The molecule has 0 radical (unpaired) electrons. The Kier molecular flexibility index (Phi) is 3.55. The highest BCUT2D eigenvalue weighted by molar-refractivity contribution is 5.84. The second kappa shape index (κ2) is 5.14. The number of hydrogen-bond acceptors (Lipinski definition) is 3. The highest BCUT2D eigenvalue weighted by atomic mass is 19.1. The van der Waals surface area contributed by atoms with E-state index < -0.39 is 5.97 Å². The number of halogens is 1. The Morgan fingerprint density at radius 1 is 1.37 bits per heavy atom. The van der Waals surface area contributed by atoms with E-state index >= 15 is 0 Å². The van der Waals surface area contributed by atoms with Crippen LogP contribution in [0.15, 0.2) is 34.7 Å². The maximum absolute atomic E-state index is 13.4. The molecule has 1 aromatic carbocycles. The fourth-order valence-electron chi connectivity index (χ4n) is 1.70. The minimum Gasteiger partial charge on any atom is -0.475 e. The van der Waals surface area contributed by atoms with Crippen LogP contribution >= 0.6 is 0 Å². The minimum atomic E-state index is -1.11. The van der Waals surface area contributed by atoms with Gasteiger partial charge >= 0.3 is 5.97 Å². The molecule has 4 nitrogen and oxygen atoms in total. The maximum Gasteiger partial charge on any atom is 0.371 e.